The average Bonchev–Trinajstić information content (AvgIpc) is 3.28. The molecule has 1 fully saturated rings. The van der Waals surface area contributed by atoms with Crippen molar-refractivity contribution in [1.82, 2.24) is 10.2 Å². The molecule has 0 unspecified atom stereocenters. The smallest absolute Gasteiger partial charge is 0.0702 e. The largest absolute Gasteiger partial charge is 0.314 e. The van der Waals surface area contributed by atoms with Crippen LogP contribution < -0.4 is 5.32 Å². The summed E-state index contributed by atoms with van der Waals surface area (Å²) in [7, 11) is 0. The minimum absolute atomic E-state index is 0.326. The third-order valence-corrected chi connectivity index (χ3v) is 7.11. The van der Waals surface area contributed by atoms with Gasteiger partial charge in [-0.1, -0.05) is 60.7 Å². The second-order valence-electron chi connectivity index (χ2n) is 7.71. The molecule has 1 atom stereocenters. The number of hydrogen-bond donors (Lipinski definition) is 1. The Morgan fingerprint density at radius 3 is 2.21 bits per heavy atom. The maximum atomic E-state index is 3.51. The zero-order chi connectivity index (χ0) is 18.5. The van der Waals surface area contributed by atoms with Crippen LogP contribution in [0.5, 0.6) is 0 Å². The minimum Gasteiger partial charge on any atom is -0.314 e. The summed E-state index contributed by atoms with van der Waals surface area (Å²) in [5.41, 5.74) is 1.44. The lowest BCUT2D eigenvalue weighted by atomic mass is 9.89. The van der Waals surface area contributed by atoms with Gasteiger partial charge in [0.1, 0.15) is 0 Å². The van der Waals surface area contributed by atoms with Crippen molar-refractivity contribution in [2.24, 2.45) is 0 Å². The Bertz CT molecular complexity index is 1240. The van der Waals surface area contributed by atoms with E-state index in [2.05, 4.69) is 82.3 Å². The highest BCUT2D eigenvalue weighted by Gasteiger charge is 2.26. The van der Waals surface area contributed by atoms with E-state index >= 15 is 0 Å². The summed E-state index contributed by atoms with van der Waals surface area (Å²) >= 11 is 1.88. The van der Waals surface area contributed by atoms with Crippen molar-refractivity contribution in [3.05, 3.63) is 82.6 Å². The first-order valence-electron chi connectivity index (χ1n) is 10.0. The van der Waals surface area contributed by atoms with Crippen LogP contribution in [0.4, 0.5) is 0 Å². The average molecular weight is 383 g/mol. The maximum Gasteiger partial charge on any atom is 0.0702 e. The number of rotatable bonds is 3. The number of nitrogens with zero attached hydrogens (tertiary/aromatic N) is 1. The van der Waals surface area contributed by atoms with Gasteiger partial charge in [0.2, 0.25) is 0 Å². The predicted octanol–water partition coefficient (Wildman–Crippen LogP) is 5.64. The van der Waals surface area contributed by atoms with Gasteiger partial charge in [0, 0.05) is 31.1 Å². The predicted molar refractivity (Wildman–Crippen MR) is 121 cm³/mol. The lowest BCUT2D eigenvalue weighted by Crippen LogP contribution is -2.45. The van der Waals surface area contributed by atoms with Crippen LogP contribution in [0.15, 0.2) is 72.1 Å². The highest BCUT2D eigenvalue weighted by molar-refractivity contribution is 7.10. The Morgan fingerprint density at radius 2 is 1.46 bits per heavy atom. The van der Waals surface area contributed by atoms with Crippen molar-refractivity contribution < 1.29 is 0 Å². The van der Waals surface area contributed by atoms with Crippen molar-refractivity contribution in [3.63, 3.8) is 0 Å². The molecular weight excluding hydrogens is 360 g/mol. The third kappa shape index (κ3) is 2.47. The van der Waals surface area contributed by atoms with Gasteiger partial charge in [0.15, 0.2) is 0 Å². The van der Waals surface area contributed by atoms with E-state index in [1.54, 1.807) is 0 Å². The van der Waals surface area contributed by atoms with E-state index in [9.17, 15) is 0 Å². The van der Waals surface area contributed by atoms with Crippen LogP contribution in [-0.2, 0) is 0 Å². The van der Waals surface area contributed by atoms with E-state index in [1.165, 1.54) is 42.8 Å². The lowest BCUT2D eigenvalue weighted by molar-refractivity contribution is 0.201. The van der Waals surface area contributed by atoms with Gasteiger partial charge in [-0.25, -0.2) is 0 Å². The highest BCUT2D eigenvalue weighted by atomic mass is 32.1. The van der Waals surface area contributed by atoms with Gasteiger partial charge in [-0.15, -0.1) is 11.3 Å². The molecule has 28 heavy (non-hydrogen) atoms. The van der Waals surface area contributed by atoms with Crippen molar-refractivity contribution in [3.8, 4) is 0 Å². The summed E-state index contributed by atoms with van der Waals surface area (Å²) in [6.45, 7) is 4.30. The van der Waals surface area contributed by atoms with E-state index in [0.29, 0.717) is 6.04 Å². The lowest BCUT2D eigenvalue weighted by Gasteiger charge is -2.35. The first-order chi connectivity index (χ1) is 13.9. The van der Waals surface area contributed by atoms with Crippen molar-refractivity contribution in [1.29, 1.82) is 0 Å². The first-order valence-corrected chi connectivity index (χ1v) is 10.9. The SMILES string of the molecule is c1csc([C@H](c2ccc3ccc4cccc5ccc2c3c45)N2CCNCC2)c1. The summed E-state index contributed by atoms with van der Waals surface area (Å²) in [4.78, 5) is 4.09. The van der Waals surface area contributed by atoms with Gasteiger partial charge in [0.25, 0.3) is 0 Å². The molecule has 0 amide bonds. The highest BCUT2D eigenvalue weighted by Crippen LogP contribution is 2.41. The van der Waals surface area contributed by atoms with Gasteiger partial charge >= 0.3 is 0 Å². The molecule has 0 spiro atoms. The molecule has 3 heteroatoms. The summed E-state index contributed by atoms with van der Waals surface area (Å²) in [6.07, 6.45) is 0. The molecule has 6 rings (SSSR count). The fourth-order valence-electron chi connectivity index (χ4n) is 4.91. The molecule has 1 aliphatic rings. The van der Waals surface area contributed by atoms with Crippen LogP contribution in [0.3, 0.4) is 0 Å². The molecule has 0 bridgehead atoms. The standard InChI is InChI=1S/C25H22N2S/c1-3-17-6-7-19-9-11-21(20-10-8-18(4-1)23(17)24(19)20)25(22-5-2-16-28-22)27-14-12-26-13-15-27/h1-11,16,25-26H,12-15H2/t25-/m0/s1. The molecule has 138 valence electrons. The van der Waals surface area contributed by atoms with Gasteiger partial charge in [-0.05, 0) is 49.3 Å². The molecule has 1 aliphatic heterocycles. The molecule has 1 aromatic heterocycles. The number of thiophene rings is 1. The molecule has 5 aromatic rings. The van der Waals surface area contributed by atoms with Gasteiger partial charge in [0.05, 0.1) is 6.04 Å². The molecule has 0 saturated carbocycles. The van der Waals surface area contributed by atoms with Crippen molar-refractivity contribution in [2.45, 2.75) is 6.04 Å². The maximum absolute atomic E-state index is 3.51. The fourth-order valence-corrected chi connectivity index (χ4v) is 5.79. The topological polar surface area (TPSA) is 15.3 Å². The second-order valence-corrected chi connectivity index (χ2v) is 8.69. The summed E-state index contributed by atoms with van der Waals surface area (Å²) in [5.74, 6) is 0. The number of nitrogens with one attached hydrogen (secondary N) is 1. The zero-order valence-corrected chi connectivity index (χ0v) is 16.5. The minimum atomic E-state index is 0.326. The van der Waals surface area contributed by atoms with Crippen molar-refractivity contribution >= 4 is 43.7 Å². The van der Waals surface area contributed by atoms with Crippen LogP contribution in [0, 0.1) is 0 Å². The van der Waals surface area contributed by atoms with E-state index in [0.717, 1.165) is 26.2 Å². The van der Waals surface area contributed by atoms with E-state index in [1.807, 2.05) is 11.3 Å². The molecule has 0 radical (unpaired) electrons. The normalized spacial score (nSPS) is 17.0. The Labute approximate surface area is 168 Å². The molecular formula is C25H22N2S. The summed E-state index contributed by atoms with van der Waals surface area (Å²) in [5, 5.41) is 14.0. The van der Waals surface area contributed by atoms with Gasteiger partial charge in [-0.3, -0.25) is 4.90 Å². The first kappa shape index (κ1) is 16.5. The van der Waals surface area contributed by atoms with Crippen molar-refractivity contribution in [2.75, 3.05) is 26.2 Å². The fraction of sp³-hybridized carbons (Fsp3) is 0.200. The van der Waals surface area contributed by atoms with Crippen LogP contribution in [-0.4, -0.2) is 31.1 Å². The molecule has 1 N–H and O–H groups in total. The molecule has 2 heterocycles. The molecule has 0 aliphatic carbocycles. The molecule has 2 nitrogen and oxygen atoms in total. The van der Waals surface area contributed by atoms with E-state index in [4.69, 9.17) is 0 Å². The monoisotopic (exact) mass is 382 g/mol. The third-order valence-electron chi connectivity index (χ3n) is 6.19. The van der Waals surface area contributed by atoms with E-state index in [-0.39, 0.29) is 0 Å². The Kier molecular flexibility index (Phi) is 3.86. The molecule has 4 aromatic carbocycles. The molecule has 1 saturated heterocycles. The quantitative estimate of drug-likeness (QED) is 0.406. The van der Waals surface area contributed by atoms with Crippen LogP contribution in [0.25, 0.3) is 32.3 Å². The van der Waals surface area contributed by atoms with Gasteiger partial charge in [-0.2, -0.15) is 0 Å². The summed E-state index contributed by atoms with van der Waals surface area (Å²) in [6, 6.07) is 25.3. The van der Waals surface area contributed by atoms with Crippen LogP contribution in [0.2, 0.25) is 0 Å². The number of benzene rings is 4. The van der Waals surface area contributed by atoms with E-state index < -0.39 is 0 Å². The second kappa shape index (κ2) is 6.56. The van der Waals surface area contributed by atoms with Crippen LogP contribution >= 0.6 is 11.3 Å². The Hall–Kier alpha value is -2.46. The number of piperazine rings is 1. The Balaban J connectivity index is 1.65. The zero-order valence-electron chi connectivity index (χ0n) is 15.7. The van der Waals surface area contributed by atoms with Gasteiger partial charge < -0.3 is 5.32 Å². The van der Waals surface area contributed by atoms with Crippen LogP contribution in [0.1, 0.15) is 16.5 Å². The summed E-state index contributed by atoms with van der Waals surface area (Å²) < 4.78 is 0. The number of hydrogen-bond acceptors (Lipinski definition) is 3. The Morgan fingerprint density at radius 1 is 0.750 bits per heavy atom.